The van der Waals surface area contributed by atoms with Crippen molar-refractivity contribution in [3.63, 3.8) is 0 Å². The van der Waals surface area contributed by atoms with Crippen LogP contribution in [0.25, 0.3) is 0 Å². The molecule has 1 N–H and O–H groups in total. The van der Waals surface area contributed by atoms with Gasteiger partial charge in [-0.25, -0.2) is 0 Å². The second-order valence-corrected chi connectivity index (χ2v) is 10.1. The Morgan fingerprint density at radius 3 is 2.19 bits per heavy atom. The molecular weight excluding hydrogens is 349 g/mol. The Labute approximate surface area is 166 Å². The molecule has 2 nitrogen and oxygen atoms in total. The van der Waals surface area contributed by atoms with E-state index in [2.05, 4.69) is 82.9 Å². The third kappa shape index (κ3) is 4.61. The number of hydrogen-bond donors (Lipinski definition) is 1. The van der Waals surface area contributed by atoms with Crippen LogP contribution in [-0.4, -0.2) is 18.4 Å². The number of phenolic OH excluding ortho intramolecular Hbond substituents is 1. The van der Waals surface area contributed by atoms with Crippen LogP contribution in [0.4, 0.5) is 0 Å². The molecule has 0 aromatic heterocycles. The van der Waals surface area contributed by atoms with Crippen LogP contribution >= 0.6 is 8.58 Å². The van der Waals surface area contributed by atoms with Crippen LogP contribution in [0, 0.1) is 6.92 Å². The van der Waals surface area contributed by atoms with Gasteiger partial charge in [0.05, 0.1) is 0 Å². The molecule has 146 valence electrons. The first-order valence-electron chi connectivity index (χ1n) is 9.82. The molecule has 0 spiro atoms. The number of hydrogen-bond acceptors (Lipinski definition) is 2. The second kappa shape index (κ2) is 8.57. The molecule has 2 rings (SSSR count). The van der Waals surface area contributed by atoms with Crippen molar-refractivity contribution in [1.29, 1.82) is 0 Å². The summed E-state index contributed by atoms with van der Waals surface area (Å²) in [6.07, 6.45) is 3.91. The summed E-state index contributed by atoms with van der Waals surface area (Å²) in [5, 5.41) is 12.5. The van der Waals surface area contributed by atoms with E-state index in [0.29, 0.717) is 14.3 Å². The van der Waals surface area contributed by atoms with Crippen molar-refractivity contribution < 1.29 is 5.11 Å². The molecule has 0 heterocycles. The van der Waals surface area contributed by atoms with E-state index in [-0.39, 0.29) is 10.6 Å². The van der Waals surface area contributed by atoms with Crippen molar-refractivity contribution >= 4 is 20.1 Å². The normalized spacial score (nSPS) is 13.1. The van der Waals surface area contributed by atoms with Crippen LogP contribution in [0.2, 0.25) is 0 Å². The molecule has 0 saturated heterocycles. The average molecular weight is 384 g/mol. The number of aromatic hydroxyl groups is 1. The number of phenols is 1. The number of aliphatic imine (C=N–C) groups is 1. The first kappa shape index (κ1) is 21.6. The maximum absolute atomic E-state index is 11.3. The van der Waals surface area contributed by atoms with Crippen molar-refractivity contribution in [2.45, 2.75) is 65.0 Å². The molecule has 2 aromatic rings. The standard InChI is InChI=1S/C24H34NOP/c1-8-24(9-2,27-21-13-11-10-12-18(21)16-25-7)20-15-17(3)14-19(22(20)26)23(4,5)6/h10-16,26-27H,8-9H2,1-7H3. The van der Waals surface area contributed by atoms with Gasteiger partial charge >= 0.3 is 0 Å². The molecule has 0 radical (unpaired) electrons. The molecule has 1 unspecified atom stereocenters. The molecule has 0 aliphatic rings. The third-order valence-corrected chi connectivity index (χ3v) is 7.57. The summed E-state index contributed by atoms with van der Waals surface area (Å²) < 4.78 is 0. The highest BCUT2D eigenvalue weighted by Crippen LogP contribution is 2.52. The fourth-order valence-corrected chi connectivity index (χ4v) is 5.38. The zero-order valence-corrected chi connectivity index (χ0v) is 18.9. The predicted molar refractivity (Wildman–Crippen MR) is 122 cm³/mol. The summed E-state index contributed by atoms with van der Waals surface area (Å²) in [5.41, 5.74) is 4.43. The molecule has 0 bridgehead atoms. The molecular formula is C24H34NOP. The highest BCUT2D eigenvalue weighted by molar-refractivity contribution is 7.48. The van der Waals surface area contributed by atoms with Gasteiger partial charge in [0, 0.05) is 24.0 Å². The quantitative estimate of drug-likeness (QED) is 0.477. The van der Waals surface area contributed by atoms with Gasteiger partial charge in [-0.15, -0.1) is 0 Å². The van der Waals surface area contributed by atoms with Crippen molar-refractivity contribution in [2.24, 2.45) is 4.99 Å². The van der Waals surface area contributed by atoms with Crippen molar-refractivity contribution in [2.75, 3.05) is 7.05 Å². The van der Waals surface area contributed by atoms with Gasteiger partial charge in [0.15, 0.2) is 0 Å². The Hall–Kier alpha value is -1.66. The molecule has 0 fully saturated rings. The molecule has 0 aliphatic carbocycles. The maximum atomic E-state index is 11.3. The average Bonchev–Trinajstić information content (AvgIpc) is 2.62. The van der Waals surface area contributed by atoms with Crippen molar-refractivity contribution in [3.05, 3.63) is 58.7 Å². The summed E-state index contributed by atoms with van der Waals surface area (Å²) in [5.74, 6) is 0.478. The lowest BCUT2D eigenvalue weighted by Crippen LogP contribution is -2.24. The number of benzene rings is 2. The Balaban J connectivity index is 2.66. The van der Waals surface area contributed by atoms with Crippen LogP contribution in [0.5, 0.6) is 5.75 Å². The van der Waals surface area contributed by atoms with E-state index in [9.17, 15) is 5.11 Å². The van der Waals surface area contributed by atoms with Gasteiger partial charge in [-0.3, -0.25) is 4.99 Å². The Kier molecular flexibility index (Phi) is 6.87. The highest BCUT2D eigenvalue weighted by Gasteiger charge is 2.34. The number of aryl methyl sites for hydroxylation is 1. The van der Waals surface area contributed by atoms with Crippen LogP contribution in [0.1, 0.15) is 69.7 Å². The fraction of sp³-hybridized carbons (Fsp3) is 0.458. The van der Waals surface area contributed by atoms with Gasteiger partial charge in [0.1, 0.15) is 5.75 Å². The second-order valence-electron chi connectivity index (χ2n) is 8.35. The third-order valence-electron chi connectivity index (χ3n) is 5.39. The summed E-state index contributed by atoms with van der Waals surface area (Å²) >= 11 is 0. The molecule has 0 amide bonds. The molecule has 2 aromatic carbocycles. The summed E-state index contributed by atoms with van der Waals surface area (Å²) in [6.45, 7) is 13.1. The molecule has 3 heteroatoms. The SMILES string of the molecule is CCC(CC)(Pc1ccccc1C=NC)c1cc(C)cc(C(C)(C)C)c1O. The van der Waals surface area contributed by atoms with E-state index >= 15 is 0 Å². The van der Waals surface area contributed by atoms with E-state index in [0.717, 1.165) is 24.0 Å². The minimum Gasteiger partial charge on any atom is -0.507 e. The Bertz CT molecular complexity index is 814. The van der Waals surface area contributed by atoms with Gasteiger partial charge in [0.2, 0.25) is 0 Å². The summed E-state index contributed by atoms with van der Waals surface area (Å²) in [7, 11) is 2.39. The fourth-order valence-electron chi connectivity index (χ4n) is 3.71. The van der Waals surface area contributed by atoms with Crippen LogP contribution in [-0.2, 0) is 10.6 Å². The van der Waals surface area contributed by atoms with Gasteiger partial charge in [-0.1, -0.05) is 85.2 Å². The van der Waals surface area contributed by atoms with Crippen LogP contribution in [0.3, 0.4) is 0 Å². The molecule has 0 saturated carbocycles. The van der Waals surface area contributed by atoms with Gasteiger partial charge in [-0.05, 0) is 41.6 Å². The van der Waals surface area contributed by atoms with E-state index in [1.807, 2.05) is 13.3 Å². The van der Waals surface area contributed by atoms with Crippen molar-refractivity contribution in [1.82, 2.24) is 0 Å². The van der Waals surface area contributed by atoms with E-state index < -0.39 is 0 Å². The Morgan fingerprint density at radius 1 is 1.04 bits per heavy atom. The number of nitrogens with zero attached hydrogens (tertiary/aromatic N) is 1. The highest BCUT2D eigenvalue weighted by atomic mass is 31.1. The van der Waals surface area contributed by atoms with E-state index in [1.54, 1.807) is 0 Å². The first-order valence-corrected chi connectivity index (χ1v) is 10.8. The van der Waals surface area contributed by atoms with Gasteiger partial charge in [-0.2, -0.15) is 0 Å². The lowest BCUT2D eigenvalue weighted by Gasteiger charge is -2.36. The van der Waals surface area contributed by atoms with E-state index in [4.69, 9.17) is 0 Å². The first-order chi connectivity index (χ1) is 12.7. The largest absolute Gasteiger partial charge is 0.507 e. The van der Waals surface area contributed by atoms with Crippen LogP contribution < -0.4 is 5.30 Å². The van der Waals surface area contributed by atoms with Crippen LogP contribution in [0.15, 0.2) is 41.4 Å². The molecule has 27 heavy (non-hydrogen) atoms. The smallest absolute Gasteiger partial charge is 0.123 e. The monoisotopic (exact) mass is 383 g/mol. The topological polar surface area (TPSA) is 32.6 Å². The Morgan fingerprint density at radius 2 is 1.63 bits per heavy atom. The lowest BCUT2D eigenvalue weighted by atomic mass is 9.81. The maximum Gasteiger partial charge on any atom is 0.123 e. The zero-order chi connectivity index (χ0) is 20.2. The predicted octanol–water partition coefficient (Wildman–Crippen LogP) is 6.07. The van der Waals surface area contributed by atoms with Gasteiger partial charge in [0.25, 0.3) is 0 Å². The van der Waals surface area contributed by atoms with Gasteiger partial charge < -0.3 is 5.11 Å². The van der Waals surface area contributed by atoms with Crippen molar-refractivity contribution in [3.8, 4) is 5.75 Å². The number of rotatable bonds is 6. The summed E-state index contributed by atoms with van der Waals surface area (Å²) in [6, 6.07) is 12.8. The zero-order valence-electron chi connectivity index (χ0n) is 17.9. The minimum atomic E-state index is -0.0893. The minimum absolute atomic E-state index is 0.0756. The van der Waals surface area contributed by atoms with E-state index in [1.165, 1.54) is 16.4 Å². The lowest BCUT2D eigenvalue weighted by molar-refractivity contribution is 0.424. The molecule has 0 aliphatic heterocycles. The molecule has 1 atom stereocenters. The summed E-state index contributed by atoms with van der Waals surface area (Å²) in [4.78, 5) is 4.23.